The van der Waals surface area contributed by atoms with Crippen LogP contribution >= 0.6 is 0 Å². The van der Waals surface area contributed by atoms with Crippen molar-refractivity contribution in [2.75, 3.05) is 26.7 Å². The van der Waals surface area contributed by atoms with E-state index in [1.165, 1.54) is 30.6 Å². The van der Waals surface area contributed by atoms with E-state index in [2.05, 4.69) is 67.2 Å². The van der Waals surface area contributed by atoms with Crippen LogP contribution in [0.4, 0.5) is 0 Å². The molecule has 0 spiro atoms. The first-order chi connectivity index (χ1) is 10.1. The molecule has 1 saturated heterocycles. The van der Waals surface area contributed by atoms with Gasteiger partial charge in [-0.1, -0.05) is 31.2 Å². The highest BCUT2D eigenvalue weighted by Crippen LogP contribution is 2.16. The highest BCUT2D eigenvalue weighted by Gasteiger charge is 2.26. The molecule has 2 unspecified atom stereocenters. The normalized spacial score (nSPS) is 24.4. The lowest BCUT2D eigenvalue weighted by atomic mass is 10.1. The largest absolute Gasteiger partial charge is 0.313 e. The maximum absolute atomic E-state index is 3.45. The molecule has 118 valence electrons. The molecule has 1 fully saturated rings. The Morgan fingerprint density at radius 1 is 1.05 bits per heavy atom. The molecular formula is C18H31N3. The van der Waals surface area contributed by atoms with E-state index in [0.717, 1.165) is 19.6 Å². The molecule has 2 atom stereocenters. The van der Waals surface area contributed by atoms with Crippen LogP contribution in [-0.4, -0.2) is 48.6 Å². The van der Waals surface area contributed by atoms with E-state index in [0.29, 0.717) is 12.1 Å². The Bertz CT molecular complexity index is 403. The average Bonchev–Trinajstić information content (AvgIpc) is 2.47. The number of rotatable bonds is 6. The highest BCUT2D eigenvalue weighted by molar-refractivity contribution is 5.22. The highest BCUT2D eigenvalue weighted by atomic mass is 15.3. The van der Waals surface area contributed by atoms with Crippen LogP contribution in [0.25, 0.3) is 0 Å². The summed E-state index contributed by atoms with van der Waals surface area (Å²) in [5, 5.41) is 3.45. The second-order valence-corrected chi connectivity index (χ2v) is 6.55. The minimum atomic E-state index is 0.645. The van der Waals surface area contributed by atoms with E-state index >= 15 is 0 Å². The summed E-state index contributed by atoms with van der Waals surface area (Å²) in [7, 11) is 2.24. The summed E-state index contributed by atoms with van der Waals surface area (Å²) in [5.41, 5.74) is 2.81. The summed E-state index contributed by atoms with van der Waals surface area (Å²) < 4.78 is 0. The van der Waals surface area contributed by atoms with Crippen LogP contribution in [0, 0.1) is 0 Å². The molecule has 0 saturated carbocycles. The van der Waals surface area contributed by atoms with E-state index in [9.17, 15) is 0 Å². The molecular weight excluding hydrogens is 258 g/mol. The monoisotopic (exact) mass is 289 g/mol. The summed E-state index contributed by atoms with van der Waals surface area (Å²) in [5.74, 6) is 0. The summed E-state index contributed by atoms with van der Waals surface area (Å²) in [6.45, 7) is 12.3. The third-order valence-electron chi connectivity index (χ3n) is 4.62. The molecule has 0 aliphatic carbocycles. The molecule has 1 aromatic carbocycles. The third-order valence-corrected chi connectivity index (χ3v) is 4.62. The molecule has 1 heterocycles. The van der Waals surface area contributed by atoms with Crippen molar-refractivity contribution in [1.82, 2.24) is 15.1 Å². The molecule has 1 aliphatic heterocycles. The zero-order valence-electron chi connectivity index (χ0n) is 14.1. The minimum Gasteiger partial charge on any atom is -0.313 e. The topological polar surface area (TPSA) is 18.5 Å². The van der Waals surface area contributed by atoms with Crippen molar-refractivity contribution in [2.45, 2.75) is 52.4 Å². The van der Waals surface area contributed by atoms with Gasteiger partial charge >= 0.3 is 0 Å². The zero-order chi connectivity index (χ0) is 15.2. The minimum absolute atomic E-state index is 0.645. The van der Waals surface area contributed by atoms with Crippen molar-refractivity contribution in [3.63, 3.8) is 0 Å². The van der Waals surface area contributed by atoms with E-state index < -0.39 is 0 Å². The zero-order valence-corrected chi connectivity index (χ0v) is 14.1. The second-order valence-electron chi connectivity index (χ2n) is 6.55. The van der Waals surface area contributed by atoms with Crippen molar-refractivity contribution in [1.29, 1.82) is 0 Å². The van der Waals surface area contributed by atoms with Crippen LogP contribution in [0.2, 0.25) is 0 Å². The van der Waals surface area contributed by atoms with E-state index in [4.69, 9.17) is 0 Å². The summed E-state index contributed by atoms with van der Waals surface area (Å²) >= 11 is 0. The van der Waals surface area contributed by atoms with Crippen molar-refractivity contribution in [3.05, 3.63) is 35.4 Å². The fourth-order valence-electron chi connectivity index (χ4n) is 3.07. The van der Waals surface area contributed by atoms with Crippen molar-refractivity contribution in [2.24, 2.45) is 0 Å². The van der Waals surface area contributed by atoms with E-state index in [1.807, 2.05) is 0 Å². The van der Waals surface area contributed by atoms with Gasteiger partial charge in [0.2, 0.25) is 0 Å². The molecule has 1 aliphatic rings. The standard InChI is InChI=1S/C18H31N3/c1-5-10-19-11-17-6-8-18(9-7-17)14-21-12-15(2)20(4)16(3)13-21/h6-9,15-16,19H,5,10-14H2,1-4H3. The van der Waals surface area contributed by atoms with E-state index in [-0.39, 0.29) is 0 Å². The first-order valence-corrected chi connectivity index (χ1v) is 8.33. The molecule has 21 heavy (non-hydrogen) atoms. The van der Waals surface area contributed by atoms with Crippen LogP contribution in [0.5, 0.6) is 0 Å². The number of nitrogens with zero attached hydrogens (tertiary/aromatic N) is 2. The van der Waals surface area contributed by atoms with Crippen molar-refractivity contribution < 1.29 is 0 Å². The molecule has 1 N–H and O–H groups in total. The molecule has 1 aromatic rings. The Hall–Kier alpha value is -0.900. The first kappa shape index (κ1) is 16.5. The molecule has 0 aromatic heterocycles. The Balaban J connectivity index is 1.85. The van der Waals surface area contributed by atoms with Crippen LogP contribution < -0.4 is 5.32 Å². The SMILES string of the molecule is CCCNCc1ccc(CN2CC(C)N(C)C(C)C2)cc1. The Labute approximate surface area is 130 Å². The Morgan fingerprint density at radius 3 is 2.19 bits per heavy atom. The third kappa shape index (κ3) is 4.80. The number of benzene rings is 1. The van der Waals surface area contributed by atoms with Crippen molar-refractivity contribution >= 4 is 0 Å². The van der Waals surface area contributed by atoms with Crippen molar-refractivity contribution in [3.8, 4) is 0 Å². The van der Waals surface area contributed by atoms with Gasteiger partial charge in [0.25, 0.3) is 0 Å². The lowest BCUT2D eigenvalue weighted by Crippen LogP contribution is -2.54. The van der Waals surface area contributed by atoms with Gasteiger partial charge in [-0.05, 0) is 45.0 Å². The fourth-order valence-corrected chi connectivity index (χ4v) is 3.07. The number of piperazine rings is 1. The van der Waals surface area contributed by atoms with E-state index in [1.54, 1.807) is 0 Å². The van der Waals surface area contributed by atoms with Gasteiger partial charge in [-0.25, -0.2) is 0 Å². The fraction of sp³-hybridized carbons (Fsp3) is 0.667. The maximum Gasteiger partial charge on any atom is 0.0235 e. The number of likely N-dealkylation sites (N-methyl/N-ethyl adjacent to an activating group) is 1. The molecule has 3 nitrogen and oxygen atoms in total. The number of hydrogen-bond acceptors (Lipinski definition) is 3. The van der Waals surface area contributed by atoms with Crippen LogP contribution in [0.15, 0.2) is 24.3 Å². The van der Waals surface area contributed by atoms with Gasteiger partial charge in [-0.15, -0.1) is 0 Å². The van der Waals surface area contributed by atoms with Crippen LogP contribution in [-0.2, 0) is 13.1 Å². The Kier molecular flexibility index (Phi) is 6.22. The van der Waals surface area contributed by atoms with Crippen LogP contribution in [0.1, 0.15) is 38.3 Å². The van der Waals surface area contributed by atoms with Gasteiger partial charge in [0, 0.05) is 38.3 Å². The predicted molar refractivity (Wildman–Crippen MR) is 90.4 cm³/mol. The summed E-state index contributed by atoms with van der Waals surface area (Å²) in [4.78, 5) is 5.07. The van der Waals surface area contributed by atoms with Gasteiger partial charge in [-0.2, -0.15) is 0 Å². The van der Waals surface area contributed by atoms with Crippen LogP contribution in [0.3, 0.4) is 0 Å². The lowest BCUT2D eigenvalue weighted by Gasteiger charge is -2.42. The molecule has 3 heteroatoms. The summed E-state index contributed by atoms with van der Waals surface area (Å²) in [6, 6.07) is 10.4. The average molecular weight is 289 g/mol. The van der Waals surface area contributed by atoms with Gasteiger partial charge in [0.05, 0.1) is 0 Å². The van der Waals surface area contributed by atoms with Gasteiger partial charge in [0.1, 0.15) is 0 Å². The quantitative estimate of drug-likeness (QED) is 0.812. The number of hydrogen-bond donors (Lipinski definition) is 1. The first-order valence-electron chi connectivity index (χ1n) is 8.33. The van der Waals surface area contributed by atoms with Gasteiger partial charge in [-0.3, -0.25) is 9.80 Å². The second kappa shape index (κ2) is 7.92. The Morgan fingerprint density at radius 2 is 1.62 bits per heavy atom. The molecule has 0 bridgehead atoms. The molecule has 0 amide bonds. The molecule has 2 rings (SSSR count). The smallest absolute Gasteiger partial charge is 0.0235 e. The maximum atomic E-state index is 3.45. The van der Waals surface area contributed by atoms with Gasteiger partial charge in [0.15, 0.2) is 0 Å². The summed E-state index contributed by atoms with van der Waals surface area (Å²) in [6.07, 6.45) is 1.19. The molecule has 0 radical (unpaired) electrons. The number of nitrogens with one attached hydrogen (secondary N) is 1. The van der Waals surface area contributed by atoms with Gasteiger partial charge < -0.3 is 5.32 Å². The lowest BCUT2D eigenvalue weighted by molar-refractivity contribution is 0.0556. The predicted octanol–water partition coefficient (Wildman–Crippen LogP) is 2.71.